The van der Waals surface area contributed by atoms with Gasteiger partial charge in [-0.1, -0.05) is 60.9 Å². The molecule has 0 heterocycles. The average molecular weight is 314 g/mol. The number of hydrogen-bond acceptors (Lipinski definition) is 2. The monoisotopic (exact) mass is 312 g/mol. The highest BCUT2D eigenvalue weighted by molar-refractivity contribution is 9.09. The minimum absolute atomic E-state index is 0.466. The van der Waals surface area contributed by atoms with E-state index in [-0.39, 0.29) is 0 Å². The van der Waals surface area contributed by atoms with Gasteiger partial charge in [0.25, 0.3) is 0 Å². The highest BCUT2D eigenvalue weighted by Crippen LogP contribution is 2.10. The third kappa shape index (κ3) is 14.2. The molecule has 0 saturated heterocycles. The van der Waals surface area contributed by atoms with Crippen LogP contribution in [0.1, 0.15) is 57.8 Å². The summed E-state index contributed by atoms with van der Waals surface area (Å²) in [5.74, 6) is 0. The predicted octanol–water partition coefficient (Wildman–Crippen LogP) is 5.27. The third-order valence-electron chi connectivity index (χ3n) is 2.49. The summed E-state index contributed by atoms with van der Waals surface area (Å²) < 4.78 is 4.64. The Morgan fingerprint density at radius 3 is 1.75 bits per heavy atom. The maximum absolute atomic E-state index is 10.2. The topological polar surface area (TPSA) is 26.3 Å². The van der Waals surface area contributed by atoms with Crippen molar-refractivity contribution in [2.24, 2.45) is 0 Å². The molecular formula is C12H22BrClO2. The first-order valence-electron chi connectivity index (χ1n) is 6.15. The van der Waals surface area contributed by atoms with Gasteiger partial charge in [0.2, 0.25) is 0 Å². The average Bonchev–Trinajstić information content (AvgIpc) is 2.25. The van der Waals surface area contributed by atoms with Crippen LogP contribution in [0.15, 0.2) is 0 Å². The second kappa shape index (κ2) is 13.3. The van der Waals surface area contributed by atoms with E-state index in [0.717, 1.165) is 18.2 Å². The summed E-state index contributed by atoms with van der Waals surface area (Å²) in [6, 6.07) is 0. The summed E-state index contributed by atoms with van der Waals surface area (Å²) in [6.07, 6.45) is 11.3. The van der Waals surface area contributed by atoms with Crippen LogP contribution in [0.25, 0.3) is 0 Å². The van der Waals surface area contributed by atoms with E-state index in [1.807, 2.05) is 0 Å². The fourth-order valence-corrected chi connectivity index (χ4v) is 2.06. The first kappa shape index (κ1) is 16.2. The molecule has 0 aliphatic rings. The molecule has 0 bridgehead atoms. The first-order valence-corrected chi connectivity index (χ1v) is 7.65. The van der Waals surface area contributed by atoms with Crippen LogP contribution < -0.4 is 0 Å². The molecule has 0 aromatic rings. The lowest BCUT2D eigenvalue weighted by Crippen LogP contribution is -1.96. The highest BCUT2D eigenvalue weighted by atomic mass is 79.9. The van der Waals surface area contributed by atoms with Crippen LogP contribution in [0.3, 0.4) is 0 Å². The van der Waals surface area contributed by atoms with Gasteiger partial charge in [0.05, 0.1) is 6.61 Å². The summed E-state index contributed by atoms with van der Waals surface area (Å²) in [6.45, 7) is 0.466. The van der Waals surface area contributed by atoms with Gasteiger partial charge >= 0.3 is 5.43 Å². The molecule has 0 amide bonds. The lowest BCUT2D eigenvalue weighted by atomic mass is 10.1. The van der Waals surface area contributed by atoms with Gasteiger partial charge in [0, 0.05) is 16.9 Å². The number of rotatable bonds is 11. The Bertz CT molecular complexity index is 165. The van der Waals surface area contributed by atoms with Gasteiger partial charge in [-0.05, 0) is 12.8 Å². The normalized spacial score (nSPS) is 10.4. The van der Waals surface area contributed by atoms with E-state index in [2.05, 4.69) is 20.7 Å². The molecule has 0 aromatic carbocycles. The maximum Gasteiger partial charge on any atom is 0.403 e. The maximum atomic E-state index is 10.2. The number of ether oxygens (including phenoxy) is 1. The van der Waals surface area contributed by atoms with E-state index in [0.29, 0.717) is 6.61 Å². The Labute approximate surface area is 112 Å². The van der Waals surface area contributed by atoms with Crippen molar-refractivity contribution in [3.8, 4) is 0 Å². The molecule has 16 heavy (non-hydrogen) atoms. The molecule has 4 heteroatoms. The molecule has 0 aliphatic heterocycles. The Morgan fingerprint density at radius 1 is 0.875 bits per heavy atom. The van der Waals surface area contributed by atoms with Crippen LogP contribution in [0.5, 0.6) is 0 Å². The van der Waals surface area contributed by atoms with E-state index in [4.69, 9.17) is 11.6 Å². The molecule has 96 valence electrons. The van der Waals surface area contributed by atoms with Gasteiger partial charge in [0.1, 0.15) is 0 Å². The van der Waals surface area contributed by atoms with Gasteiger partial charge < -0.3 is 4.74 Å². The largest absolute Gasteiger partial charge is 0.454 e. The van der Waals surface area contributed by atoms with Crippen molar-refractivity contribution in [3.05, 3.63) is 0 Å². The molecular weight excluding hydrogens is 291 g/mol. The van der Waals surface area contributed by atoms with E-state index in [1.54, 1.807) is 0 Å². The van der Waals surface area contributed by atoms with Crippen molar-refractivity contribution in [1.29, 1.82) is 0 Å². The number of halogens is 2. The van der Waals surface area contributed by atoms with E-state index in [9.17, 15) is 4.79 Å². The van der Waals surface area contributed by atoms with E-state index in [1.165, 1.54) is 44.9 Å². The van der Waals surface area contributed by atoms with Crippen LogP contribution >= 0.6 is 27.5 Å². The summed E-state index contributed by atoms with van der Waals surface area (Å²) in [5.41, 5.74) is -0.688. The molecule has 0 atom stereocenters. The fraction of sp³-hybridized carbons (Fsp3) is 0.917. The zero-order valence-corrected chi connectivity index (χ0v) is 12.2. The Balaban J connectivity index is 2.90. The summed E-state index contributed by atoms with van der Waals surface area (Å²) in [5, 5.41) is 1.13. The van der Waals surface area contributed by atoms with Crippen LogP contribution in [-0.4, -0.2) is 17.4 Å². The number of alkyl halides is 1. The first-order chi connectivity index (χ1) is 7.77. The number of carbonyl (C=O) groups excluding carboxylic acids is 1. The lowest BCUT2D eigenvalue weighted by Gasteiger charge is -2.02. The van der Waals surface area contributed by atoms with Crippen LogP contribution in [-0.2, 0) is 4.74 Å². The molecule has 0 aliphatic carbocycles. The van der Waals surface area contributed by atoms with Crippen molar-refractivity contribution in [3.63, 3.8) is 0 Å². The van der Waals surface area contributed by atoms with Crippen molar-refractivity contribution >= 4 is 33.0 Å². The van der Waals surface area contributed by atoms with Crippen molar-refractivity contribution in [1.82, 2.24) is 0 Å². The number of unbranched alkanes of at least 4 members (excludes halogenated alkanes) is 8. The van der Waals surface area contributed by atoms with Gasteiger partial charge in [-0.25, -0.2) is 4.79 Å². The molecule has 0 saturated carbocycles. The molecule has 0 unspecified atom stereocenters. The quantitative estimate of drug-likeness (QED) is 0.295. The van der Waals surface area contributed by atoms with Crippen LogP contribution in [0.2, 0.25) is 0 Å². The second-order valence-corrected chi connectivity index (χ2v) is 5.06. The minimum atomic E-state index is -0.688. The van der Waals surface area contributed by atoms with Gasteiger partial charge in [-0.3, -0.25) is 0 Å². The second-order valence-electron chi connectivity index (χ2n) is 3.96. The fourth-order valence-electron chi connectivity index (χ4n) is 1.59. The SMILES string of the molecule is O=C(Cl)OCCCCCCCCCCCBr. The van der Waals surface area contributed by atoms with Crippen molar-refractivity contribution < 1.29 is 9.53 Å². The molecule has 0 rings (SSSR count). The van der Waals surface area contributed by atoms with Gasteiger partial charge in [0.15, 0.2) is 0 Å². The predicted molar refractivity (Wildman–Crippen MR) is 72.5 cm³/mol. The standard InChI is InChI=1S/C12H22BrClO2/c13-10-8-6-4-2-1-3-5-7-9-11-16-12(14)15/h1-11H2. The van der Waals surface area contributed by atoms with E-state index >= 15 is 0 Å². The molecule has 2 nitrogen and oxygen atoms in total. The van der Waals surface area contributed by atoms with Crippen molar-refractivity contribution in [2.75, 3.05) is 11.9 Å². The van der Waals surface area contributed by atoms with Crippen LogP contribution in [0.4, 0.5) is 4.79 Å². The molecule has 0 fully saturated rings. The third-order valence-corrected chi connectivity index (χ3v) is 3.16. The Hall–Kier alpha value is 0.240. The molecule has 0 N–H and O–H groups in total. The summed E-state index contributed by atoms with van der Waals surface area (Å²) >= 11 is 8.47. The van der Waals surface area contributed by atoms with Gasteiger partial charge in [-0.2, -0.15) is 0 Å². The smallest absolute Gasteiger partial charge is 0.403 e. The molecule has 0 spiro atoms. The lowest BCUT2D eigenvalue weighted by molar-refractivity contribution is 0.170. The minimum Gasteiger partial charge on any atom is -0.454 e. The number of hydrogen-bond donors (Lipinski definition) is 0. The summed E-state index contributed by atoms with van der Waals surface area (Å²) in [4.78, 5) is 10.2. The van der Waals surface area contributed by atoms with Crippen molar-refractivity contribution in [2.45, 2.75) is 57.8 Å². The molecule has 0 aromatic heterocycles. The Kier molecular flexibility index (Phi) is 13.5. The highest BCUT2D eigenvalue weighted by Gasteiger charge is 1.95. The van der Waals surface area contributed by atoms with E-state index < -0.39 is 5.43 Å². The van der Waals surface area contributed by atoms with Crippen LogP contribution in [0, 0.1) is 0 Å². The zero-order valence-electron chi connectivity index (χ0n) is 9.85. The zero-order chi connectivity index (χ0) is 12.1. The molecule has 0 radical (unpaired) electrons. The Morgan fingerprint density at radius 2 is 1.31 bits per heavy atom. The summed E-state index contributed by atoms with van der Waals surface area (Å²) in [7, 11) is 0. The number of carbonyl (C=O) groups is 1. The van der Waals surface area contributed by atoms with Gasteiger partial charge in [-0.15, -0.1) is 0 Å².